The topological polar surface area (TPSA) is 94.4 Å². The quantitative estimate of drug-likeness (QED) is 0.824. The van der Waals surface area contributed by atoms with Gasteiger partial charge in [-0.1, -0.05) is 25.9 Å². The van der Waals surface area contributed by atoms with E-state index < -0.39 is 12.1 Å². The fourth-order valence-electron chi connectivity index (χ4n) is 1.54. The summed E-state index contributed by atoms with van der Waals surface area (Å²) in [6.07, 6.45) is -1.01. The molecule has 3 atom stereocenters. The number of ether oxygens (including phenoxy) is 1. The van der Waals surface area contributed by atoms with Gasteiger partial charge in [0.05, 0.1) is 6.10 Å². The summed E-state index contributed by atoms with van der Waals surface area (Å²) in [6.45, 7) is 7.63. The summed E-state index contributed by atoms with van der Waals surface area (Å²) in [7, 11) is 1.60. The number of nitrogens with zero attached hydrogens (tertiary/aromatic N) is 2. The molecule has 1 aromatic rings. The second-order valence-corrected chi connectivity index (χ2v) is 5.24. The summed E-state index contributed by atoms with van der Waals surface area (Å²) in [6, 6.07) is -0.672. The molecule has 98 valence electrons. The first-order valence-electron chi connectivity index (χ1n) is 5.57. The van der Waals surface area contributed by atoms with E-state index in [0.29, 0.717) is 5.82 Å². The molecule has 3 N–H and O–H groups in total. The fourth-order valence-corrected chi connectivity index (χ4v) is 1.54. The van der Waals surface area contributed by atoms with Crippen LogP contribution in [0.2, 0.25) is 0 Å². The van der Waals surface area contributed by atoms with E-state index in [1.54, 1.807) is 14.0 Å². The minimum absolute atomic E-state index is 0.148. The molecule has 0 aromatic carbocycles. The van der Waals surface area contributed by atoms with E-state index in [-0.39, 0.29) is 17.4 Å². The Bertz CT molecular complexity index is 357. The minimum atomic E-state index is -0.737. The number of aromatic nitrogens is 2. The molecule has 1 unspecified atom stereocenters. The third kappa shape index (κ3) is 3.24. The summed E-state index contributed by atoms with van der Waals surface area (Å²) < 4.78 is 10.4. The van der Waals surface area contributed by atoms with Crippen LogP contribution in [-0.4, -0.2) is 28.5 Å². The summed E-state index contributed by atoms with van der Waals surface area (Å²) in [5.74, 6) is 0.674. The minimum Gasteiger partial charge on any atom is -0.391 e. The molecule has 0 saturated heterocycles. The molecule has 6 heteroatoms. The van der Waals surface area contributed by atoms with Gasteiger partial charge in [-0.05, 0) is 12.3 Å². The normalized spacial score (nSPS) is 17.8. The van der Waals surface area contributed by atoms with E-state index in [9.17, 15) is 5.11 Å². The van der Waals surface area contributed by atoms with Crippen molar-refractivity contribution in [3.05, 3.63) is 11.7 Å². The van der Waals surface area contributed by atoms with Gasteiger partial charge in [0.2, 0.25) is 11.7 Å². The van der Waals surface area contributed by atoms with Crippen LogP contribution in [0.15, 0.2) is 4.52 Å². The van der Waals surface area contributed by atoms with Crippen molar-refractivity contribution in [2.75, 3.05) is 7.11 Å². The Labute approximate surface area is 101 Å². The first-order chi connectivity index (χ1) is 7.77. The van der Waals surface area contributed by atoms with Crippen molar-refractivity contribution < 1.29 is 14.4 Å². The molecule has 17 heavy (non-hydrogen) atoms. The lowest BCUT2D eigenvalue weighted by Gasteiger charge is -2.26. The third-order valence-corrected chi connectivity index (χ3v) is 2.52. The van der Waals surface area contributed by atoms with Crippen molar-refractivity contribution in [2.24, 2.45) is 11.1 Å². The Balaban J connectivity index is 2.94. The lowest BCUT2D eigenvalue weighted by atomic mass is 9.88. The first kappa shape index (κ1) is 14.1. The zero-order chi connectivity index (χ0) is 13.2. The molecule has 0 aliphatic rings. The van der Waals surface area contributed by atoms with Gasteiger partial charge in [-0.3, -0.25) is 0 Å². The van der Waals surface area contributed by atoms with Gasteiger partial charge in [-0.25, -0.2) is 0 Å². The summed E-state index contributed by atoms with van der Waals surface area (Å²) in [4.78, 5) is 4.18. The predicted molar refractivity (Wildman–Crippen MR) is 62.1 cm³/mol. The molecule has 0 aliphatic heterocycles. The fraction of sp³-hybridized carbons (Fsp3) is 0.818. The Morgan fingerprint density at radius 1 is 1.41 bits per heavy atom. The molecule has 6 nitrogen and oxygen atoms in total. The number of methoxy groups -OCH3 is 1. The average molecular weight is 243 g/mol. The zero-order valence-corrected chi connectivity index (χ0v) is 11.0. The lowest BCUT2D eigenvalue weighted by Crippen LogP contribution is -2.24. The maximum atomic E-state index is 9.36. The number of hydrogen-bond donors (Lipinski definition) is 2. The third-order valence-electron chi connectivity index (χ3n) is 2.52. The van der Waals surface area contributed by atoms with Crippen LogP contribution in [-0.2, 0) is 4.74 Å². The van der Waals surface area contributed by atoms with Crippen molar-refractivity contribution in [3.8, 4) is 0 Å². The highest BCUT2D eigenvalue weighted by molar-refractivity contribution is 4.99. The van der Waals surface area contributed by atoms with Gasteiger partial charge >= 0.3 is 0 Å². The molecule has 0 bridgehead atoms. The van der Waals surface area contributed by atoms with Crippen LogP contribution in [0.1, 0.15) is 51.6 Å². The van der Waals surface area contributed by atoms with Gasteiger partial charge in [0.15, 0.2) is 0 Å². The summed E-state index contributed by atoms with van der Waals surface area (Å²) in [5, 5.41) is 13.2. The molecular formula is C11H21N3O3. The van der Waals surface area contributed by atoms with Gasteiger partial charge < -0.3 is 20.1 Å². The van der Waals surface area contributed by atoms with E-state index in [2.05, 4.69) is 10.1 Å². The van der Waals surface area contributed by atoms with E-state index >= 15 is 0 Å². The van der Waals surface area contributed by atoms with Gasteiger partial charge in [-0.15, -0.1) is 0 Å². The van der Waals surface area contributed by atoms with E-state index in [4.69, 9.17) is 15.0 Å². The number of nitrogens with two attached hydrogens (primary N) is 1. The molecule has 0 spiro atoms. The van der Waals surface area contributed by atoms with Crippen molar-refractivity contribution >= 4 is 0 Å². The molecule has 0 radical (unpaired) electrons. The molecule has 1 aromatic heterocycles. The SMILES string of the molecule is COC(c1noc([C@@H](N)[C@@H](C)O)n1)C(C)(C)C. The monoisotopic (exact) mass is 243 g/mol. The highest BCUT2D eigenvalue weighted by atomic mass is 16.5. The number of aliphatic hydroxyl groups is 1. The van der Waals surface area contributed by atoms with E-state index in [1.165, 1.54) is 0 Å². The highest BCUT2D eigenvalue weighted by Gasteiger charge is 2.31. The van der Waals surface area contributed by atoms with Crippen molar-refractivity contribution in [1.29, 1.82) is 0 Å². The summed E-state index contributed by atoms with van der Waals surface area (Å²) >= 11 is 0. The molecule has 0 aliphatic carbocycles. The van der Waals surface area contributed by atoms with Crippen LogP contribution < -0.4 is 5.73 Å². The standard InChI is InChI=1S/C11H21N3O3/c1-6(15)7(12)10-13-9(14-17-10)8(16-5)11(2,3)4/h6-8,15H,12H2,1-5H3/t6-,7+,8?/m1/s1. The Morgan fingerprint density at radius 3 is 2.41 bits per heavy atom. The second kappa shape index (κ2) is 5.12. The van der Waals surface area contributed by atoms with Gasteiger partial charge in [0, 0.05) is 7.11 Å². The van der Waals surface area contributed by atoms with Crippen LogP contribution in [0.4, 0.5) is 0 Å². The Kier molecular flexibility index (Phi) is 4.24. The van der Waals surface area contributed by atoms with Crippen molar-refractivity contribution in [3.63, 3.8) is 0 Å². The van der Waals surface area contributed by atoms with Gasteiger partial charge in [0.1, 0.15) is 12.1 Å². The van der Waals surface area contributed by atoms with Crippen LogP contribution >= 0.6 is 0 Å². The maximum absolute atomic E-state index is 9.36. The average Bonchev–Trinajstić information content (AvgIpc) is 2.64. The highest BCUT2D eigenvalue weighted by Crippen LogP contribution is 2.34. The number of aliphatic hydroxyl groups excluding tert-OH is 1. The molecule has 1 heterocycles. The van der Waals surface area contributed by atoms with Crippen LogP contribution in [0.3, 0.4) is 0 Å². The Morgan fingerprint density at radius 2 is 2.00 bits per heavy atom. The predicted octanol–water partition coefficient (Wildman–Crippen LogP) is 1.18. The molecule has 0 amide bonds. The van der Waals surface area contributed by atoms with Gasteiger partial charge in [0.25, 0.3) is 0 Å². The van der Waals surface area contributed by atoms with Crippen molar-refractivity contribution in [1.82, 2.24) is 10.1 Å². The lowest BCUT2D eigenvalue weighted by molar-refractivity contribution is 0.00718. The zero-order valence-electron chi connectivity index (χ0n) is 11.0. The smallest absolute Gasteiger partial charge is 0.246 e. The van der Waals surface area contributed by atoms with Gasteiger partial charge in [-0.2, -0.15) is 4.98 Å². The summed E-state index contributed by atoms with van der Waals surface area (Å²) in [5.41, 5.74) is 5.57. The van der Waals surface area contributed by atoms with Crippen LogP contribution in [0.25, 0.3) is 0 Å². The van der Waals surface area contributed by atoms with Crippen LogP contribution in [0, 0.1) is 5.41 Å². The van der Waals surface area contributed by atoms with Crippen molar-refractivity contribution in [2.45, 2.75) is 45.9 Å². The first-order valence-corrected chi connectivity index (χ1v) is 5.57. The maximum Gasteiger partial charge on any atom is 0.246 e. The number of hydrogen-bond acceptors (Lipinski definition) is 6. The molecule has 0 saturated carbocycles. The van der Waals surface area contributed by atoms with E-state index in [0.717, 1.165) is 0 Å². The largest absolute Gasteiger partial charge is 0.391 e. The molecular weight excluding hydrogens is 222 g/mol. The second-order valence-electron chi connectivity index (χ2n) is 5.24. The van der Waals surface area contributed by atoms with E-state index in [1.807, 2.05) is 20.8 Å². The van der Waals surface area contributed by atoms with Crippen LogP contribution in [0.5, 0.6) is 0 Å². The Hall–Kier alpha value is -0.980. The molecule has 1 rings (SSSR count). The molecule has 0 fully saturated rings. The number of rotatable bonds is 4.